The molecule has 0 aromatic heterocycles. The number of nitro groups is 1. The van der Waals surface area contributed by atoms with Crippen molar-refractivity contribution in [1.29, 1.82) is 0 Å². The minimum atomic E-state index is -0.452. The van der Waals surface area contributed by atoms with Crippen molar-refractivity contribution in [3.63, 3.8) is 0 Å². The number of unbranched alkanes of at least 4 members (excludes halogenated alkanes) is 1. The molecular weight excluding hydrogens is 244 g/mol. The molecule has 19 heavy (non-hydrogen) atoms. The molecule has 1 aromatic rings. The lowest BCUT2D eigenvalue weighted by Gasteiger charge is -2.13. The Labute approximate surface area is 112 Å². The molecule has 0 radical (unpaired) electrons. The zero-order valence-corrected chi connectivity index (χ0v) is 11.2. The topological polar surface area (TPSA) is 63.5 Å². The van der Waals surface area contributed by atoms with E-state index in [0.717, 1.165) is 12.8 Å². The number of hydrogen-bond donors (Lipinski definition) is 0. The first kappa shape index (κ1) is 14.9. The summed E-state index contributed by atoms with van der Waals surface area (Å²) in [4.78, 5) is 23.6. The van der Waals surface area contributed by atoms with Crippen molar-refractivity contribution in [3.8, 4) is 0 Å². The highest BCUT2D eigenvalue weighted by Crippen LogP contribution is 2.14. The third kappa shape index (κ3) is 4.91. The number of benzene rings is 1. The molecule has 0 spiro atoms. The summed E-state index contributed by atoms with van der Waals surface area (Å²) in [6, 6.07) is 6.19. The quantitative estimate of drug-likeness (QED) is 0.450. The first-order valence-corrected chi connectivity index (χ1v) is 6.22. The van der Waals surface area contributed by atoms with Gasteiger partial charge < -0.3 is 4.90 Å². The number of non-ortho nitro benzene ring substituents is 1. The summed E-state index contributed by atoms with van der Waals surface area (Å²) >= 11 is 0. The van der Waals surface area contributed by atoms with Gasteiger partial charge in [-0.2, -0.15) is 0 Å². The standard InChI is InChI=1S/C14H18N2O3/c1-3-4-10-15(2)14(17)9-8-12-6-5-7-13(11-12)16(18)19/h5-9,11H,3-4,10H2,1-2H3/b9-8+. The van der Waals surface area contributed by atoms with Crippen LogP contribution in [0.15, 0.2) is 30.3 Å². The van der Waals surface area contributed by atoms with Crippen molar-refractivity contribution in [2.75, 3.05) is 13.6 Å². The third-order valence-corrected chi connectivity index (χ3v) is 2.72. The monoisotopic (exact) mass is 262 g/mol. The average Bonchev–Trinajstić information content (AvgIpc) is 2.42. The van der Waals surface area contributed by atoms with Gasteiger partial charge in [-0.25, -0.2) is 0 Å². The van der Waals surface area contributed by atoms with Gasteiger partial charge in [0.25, 0.3) is 5.69 Å². The van der Waals surface area contributed by atoms with Crippen LogP contribution in [-0.4, -0.2) is 29.3 Å². The maximum atomic E-state index is 11.7. The van der Waals surface area contributed by atoms with E-state index in [4.69, 9.17) is 0 Å². The number of amides is 1. The number of rotatable bonds is 6. The molecule has 0 bridgehead atoms. The Morgan fingerprint density at radius 2 is 2.21 bits per heavy atom. The Bertz CT molecular complexity index is 483. The molecular formula is C14H18N2O3. The average molecular weight is 262 g/mol. The number of hydrogen-bond acceptors (Lipinski definition) is 3. The zero-order valence-electron chi connectivity index (χ0n) is 11.2. The molecule has 1 amide bonds. The lowest BCUT2D eigenvalue weighted by atomic mass is 10.2. The summed E-state index contributed by atoms with van der Waals surface area (Å²) in [6.07, 6.45) is 5.03. The molecule has 0 aliphatic rings. The molecule has 5 heteroatoms. The van der Waals surface area contributed by atoms with Gasteiger partial charge in [-0.15, -0.1) is 0 Å². The van der Waals surface area contributed by atoms with Crippen molar-refractivity contribution < 1.29 is 9.72 Å². The van der Waals surface area contributed by atoms with Crippen LogP contribution in [0.2, 0.25) is 0 Å². The first-order chi connectivity index (χ1) is 9.04. The van der Waals surface area contributed by atoms with Crippen LogP contribution in [0.4, 0.5) is 5.69 Å². The SMILES string of the molecule is CCCCN(C)C(=O)/C=C/c1cccc([N+](=O)[O-])c1. The normalized spacial score (nSPS) is 10.6. The summed E-state index contributed by atoms with van der Waals surface area (Å²) in [7, 11) is 1.75. The van der Waals surface area contributed by atoms with E-state index in [-0.39, 0.29) is 11.6 Å². The van der Waals surface area contributed by atoms with Gasteiger partial charge in [0, 0.05) is 31.8 Å². The molecule has 5 nitrogen and oxygen atoms in total. The van der Waals surface area contributed by atoms with Crippen molar-refractivity contribution in [1.82, 2.24) is 4.90 Å². The minimum absolute atomic E-state index is 0.0222. The van der Waals surface area contributed by atoms with Crippen LogP contribution in [-0.2, 0) is 4.79 Å². The smallest absolute Gasteiger partial charge is 0.270 e. The van der Waals surface area contributed by atoms with Crippen LogP contribution in [0.25, 0.3) is 6.08 Å². The second-order valence-electron chi connectivity index (χ2n) is 4.30. The predicted octanol–water partition coefficient (Wildman–Crippen LogP) is 2.87. The van der Waals surface area contributed by atoms with E-state index in [2.05, 4.69) is 6.92 Å². The Morgan fingerprint density at radius 3 is 2.84 bits per heavy atom. The molecule has 1 aromatic carbocycles. The zero-order chi connectivity index (χ0) is 14.3. The van der Waals surface area contributed by atoms with E-state index in [1.54, 1.807) is 30.2 Å². The number of likely N-dealkylation sites (N-methyl/N-ethyl adjacent to an activating group) is 1. The fourth-order valence-corrected chi connectivity index (χ4v) is 1.54. The molecule has 0 N–H and O–H groups in total. The fraction of sp³-hybridized carbons (Fsp3) is 0.357. The Kier molecular flexibility index (Phi) is 5.73. The molecule has 0 saturated carbocycles. The summed E-state index contributed by atoms with van der Waals surface area (Å²) in [5, 5.41) is 10.6. The summed E-state index contributed by atoms with van der Waals surface area (Å²) < 4.78 is 0. The summed E-state index contributed by atoms with van der Waals surface area (Å²) in [6.45, 7) is 2.78. The third-order valence-electron chi connectivity index (χ3n) is 2.72. The van der Waals surface area contributed by atoms with Crippen molar-refractivity contribution in [2.45, 2.75) is 19.8 Å². The van der Waals surface area contributed by atoms with E-state index in [0.29, 0.717) is 12.1 Å². The highest BCUT2D eigenvalue weighted by molar-refractivity contribution is 5.91. The van der Waals surface area contributed by atoms with Gasteiger partial charge in [0.1, 0.15) is 0 Å². The predicted molar refractivity (Wildman–Crippen MR) is 74.7 cm³/mol. The number of carbonyl (C=O) groups excluding carboxylic acids is 1. The largest absolute Gasteiger partial charge is 0.342 e. The van der Waals surface area contributed by atoms with Gasteiger partial charge in [-0.1, -0.05) is 25.5 Å². The number of carbonyl (C=O) groups is 1. The molecule has 0 unspecified atom stereocenters. The van der Waals surface area contributed by atoms with Gasteiger partial charge in [0.2, 0.25) is 5.91 Å². The number of nitrogens with zero attached hydrogens (tertiary/aromatic N) is 2. The lowest BCUT2D eigenvalue weighted by molar-refractivity contribution is -0.384. The molecule has 0 fully saturated rings. The molecule has 0 atom stereocenters. The van der Waals surface area contributed by atoms with E-state index >= 15 is 0 Å². The van der Waals surface area contributed by atoms with Gasteiger partial charge in [-0.3, -0.25) is 14.9 Å². The fourth-order valence-electron chi connectivity index (χ4n) is 1.54. The van der Waals surface area contributed by atoms with E-state index in [9.17, 15) is 14.9 Å². The Morgan fingerprint density at radius 1 is 1.47 bits per heavy atom. The maximum Gasteiger partial charge on any atom is 0.270 e. The van der Waals surface area contributed by atoms with E-state index in [1.807, 2.05) is 0 Å². The second-order valence-corrected chi connectivity index (χ2v) is 4.30. The van der Waals surface area contributed by atoms with E-state index < -0.39 is 4.92 Å². The van der Waals surface area contributed by atoms with Gasteiger partial charge in [-0.05, 0) is 18.1 Å². The molecule has 0 saturated heterocycles. The van der Waals surface area contributed by atoms with Crippen molar-refractivity contribution in [2.24, 2.45) is 0 Å². The summed E-state index contributed by atoms with van der Waals surface area (Å²) in [5.74, 6) is -0.0973. The highest BCUT2D eigenvalue weighted by atomic mass is 16.6. The lowest BCUT2D eigenvalue weighted by Crippen LogP contribution is -2.25. The molecule has 0 heterocycles. The molecule has 102 valence electrons. The molecule has 1 rings (SSSR count). The van der Waals surface area contributed by atoms with Crippen LogP contribution in [0.3, 0.4) is 0 Å². The van der Waals surface area contributed by atoms with E-state index in [1.165, 1.54) is 18.2 Å². The number of nitro benzene ring substituents is 1. The minimum Gasteiger partial charge on any atom is -0.342 e. The Hall–Kier alpha value is -2.17. The van der Waals surface area contributed by atoms with Gasteiger partial charge in [0.15, 0.2) is 0 Å². The maximum absolute atomic E-state index is 11.7. The Balaban J connectivity index is 2.68. The van der Waals surface area contributed by atoms with Crippen molar-refractivity contribution >= 4 is 17.7 Å². The van der Waals surface area contributed by atoms with Crippen LogP contribution in [0.1, 0.15) is 25.3 Å². The van der Waals surface area contributed by atoms with Gasteiger partial charge in [0.05, 0.1) is 4.92 Å². The highest BCUT2D eigenvalue weighted by Gasteiger charge is 2.05. The van der Waals surface area contributed by atoms with Crippen LogP contribution < -0.4 is 0 Å². The second kappa shape index (κ2) is 7.31. The summed E-state index contributed by atoms with van der Waals surface area (Å²) in [5.41, 5.74) is 0.667. The van der Waals surface area contributed by atoms with Crippen LogP contribution in [0.5, 0.6) is 0 Å². The molecule has 0 aliphatic carbocycles. The first-order valence-electron chi connectivity index (χ1n) is 6.22. The van der Waals surface area contributed by atoms with Crippen molar-refractivity contribution in [3.05, 3.63) is 46.0 Å². The van der Waals surface area contributed by atoms with Crippen LogP contribution in [0, 0.1) is 10.1 Å². The molecule has 0 aliphatic heterocycles. The van der Waals surface area contributed by atoms with Crippen LogP contribution >= 0.6 is 0 Å². The van der Waals surface area contributed by atoms with Gasteiger partial charge >= 0.3 is 0 Å².